The molecule has 0 spiro atoms. The fraction of sp³-hybridized carbons (Fsp3) is 1.00. The minimum atomic E-state index is 0.680. The zero-order valence-electron chi connectivity index (χ0n) is 8.89. The third-order valence-corrected chi connectivity index (χ3v) is 3.11. The molecule has 0 rings (SSSR count). The van der Waals surface area contributed by atoms with Crippen LogP contribution in [0.3, 0.4) is 0 Å². The lowest BCUT2D eigenvalue weighted by molar-refractivity contribution is 0.504. The van der Waals surface area contributed by atoms with Gasteiger partial charge in [0.1, 0.15) is 0 Å². The number of hydrogen-bond donors (Lipinski definition) is 1. The van der Waals surface area contributed by atoms with Crippen LogP contribution in [0, 0.1) is 0 Å². The first-order chi connectivity index (χ1) is 5.70. The molecule has 0 fully saturated rings. The second-order valence-electron chi connectivity index (χ2n) is 3.49. The van der Waals surface area contributed by atoms with Crippen LogP contribution in [0.2, 0.25) is 0 Å². The van der Waals surface area contributed by atoms with Gasteiger partial charge in [-0.05, 0) is 32.6 Å². The highest BCUT2D eigenvalue weighted by atomic mass is 32.2. The first-order valence-corrected chi connectivity index (χ1v) is 6.25. The van der Waals surface area contributed by atoms with E-state index in [4.69, 9.17) is 0 Å². The summed E-state index contributed by atoms with van der Waals surface area (Å²) in [4.78, 5) is 0. The fourth-order valence-corrected chi connectivity index (χ4v) is 1.68. The third kappa shape index (κ3) is 6.99. The van der Waals surface area contributed by atoms with Crippen molar-refractivity contribution in [3.05, 3.63) is 0 Å². The van der Waals surface area contributed by atoms with Gasteiger partial charge in [0.25, 0.3) is 0 Å². The number of nitrogens with one attached hydrogen (secondary N) is 1. The molecule has 0 aliphatic carbocycles. The van der Waals surface area contributed by atoms with Crippen molar-refractivity contribution in [3.63, 3.8) is 0 Å². The molecule has 2 heteroatoms. The number of thioether (sulfide) groups is 1. The van der Waals surface area contributed by atoms with E-state index in [2.05, 4.69) is 32.3 Å². The predicted octanol–water partition coefficient (Wildman–Crippen LogP) is 2.91. The van der Waals surface area contributed by atoms with Gasteiger partial charge in [-0.3, -0.25) is 0 Å². The Morgan fingerprint density at radius 2 is 2.00 bits per heavy atom. The van der Waals surface area contributed by atoms with E-state index in [1.807, 2.05) is 11.8 Å². The highest BCUT2D eigenvalue weighted by Crippen LogP contribution is 2.11. The number of unbranched alkanes of at least 4 members (excludes halogenated alkanes) is 1. The van der Waals surface area contributed by atoms with Crippen LogP contribution in [0.1, 0.15) is 40.0 Å². The summed E-state index contributed by atoms with van der Waals surface area (Å²) in [5, 5.41) is 4.32. The van der Waals surface area contributed by atoms with E-state index in [0.29, 0.717) is 6.04 Å². The zero-order valence-corrected chi connectivity index (χ0v) is 9.71. The van der Waals surface area contributed by atoms with Crippen molar-refractivity contribution in [1.82, 2.24) is 5.32 Å². The molecule has 0 saturated heterocycles. The van der Waals surface area contributed by atoms with Gasteiger partial charge in [0.2, 0.25) is 0 Å². The lowest BCUT2D eigenvalue weighted by Crippen LogP contribution is -2.29. The van der Waals surface area contributed by atoms with Gasteiger partial charge in [-0.15, -0.1) is 0 Å². The van der Waals surface area contributed by atoms with Crippen LogP contribution in [0.25, 0.3) is 0 Å². The summed E-state index contributed by atoms with van der Waals surface area (Å²) in [7, 11) is 0. The molecule has 0 heterocycles. The predicted molar refractivity (Wildman–Crippen MR) is 60.0 cm³/mol. The number of hydrogen-bond acceptors (Lipinski definition) is 2. The second kappa shape index (κ2) is 7.93. The van der Waals surface area contributed by atoms with Crippen LogP contribution in [0.5, 0.6) is 0 Å². The molecular formula is C10H23NS. The van der Waals surface area contributed by atoms with Crippen LogP contribution < -0.4 is 5.32 Å². The van der Waals surface area contributed by atoms with Crippen molar-refractivity contribution in [2.45, 2.75) is 51.3 Å². The van der Waals surface area contributed by atoms with E-state index in [9.17, 15) is 0 Å². The minimum Gasteiger partial charge on any atom is -0.314 e. The van der Waals surface area contributed by atoms with E-state index in [1.165, 1.54) is 25.8 Å². The Morgan fingerprint density at radius 1 is 1.33 bits per heavy atom. The highest BCUT2D eigenvalue weighted by Gasteiger charge is 2.05. The molecule has 0 bridgehead atoms. The van der Waals surface area contributed by atoms with Gasteiger partial charge >= 0.3 is 0 Å². The van der Waals surface area contributed by atoms with Crippen LogP contribution >= 0.6 is 11.8 Å². The first kappa shape index (κ1) is 12.3. The molecule has 0 aromatic rings. The van der Waals surface area contributed by atoms with Crippen LogP contribution in [-0.4, -0.2) is 24.1 Å². The average molecular weight is 189 g/mol. The van der Waals surface area contributed by atoms with Gasteiger partial charge < -0.3 is 5.32 Å². The summed E-state index contributed by atoms with van der Waals surface area (Å²) in [6.07, 6.45) is 6.06. The van der Waals surface area contributed by atoms with Gasteiger partial charge in [-0.25, -0.2) is 0 Å². The van der Waals surface area contributed by atoms with Crippen molar-refractivity contribution < 1.29 is 0 Å². The topological polar surface area (TPSA) is 12.0 Å². The van der Waals surface area contributed by atoms with E-state index < -0.39 is 0 Å². The van der Waals surface area contributed by atoms with Crippen molar-refractivity contribution in [2.75, 3.05) is 12.8 Å². The summed E-state index contributed by atoms with van der Waals surface area (Å²) in [5.74, 6) is 0. The molecule has 0 radical (unpaired) electrons. The normalized spacial score (nSPS) is 16.0. The van der Waals surface area contributed by atoms with Gasteiger partial charge in [0.05, 0.1) is 0 Å². The summed E-state index contributed by atoms with van der Waals surface area (Å²) < 4.78 is 0. The van der Waals surface area contributed by atoms with Gasteiger partial charge in [-0.2, -0.15) is 11.8 Å². The molecule has 0 aliphatic heterocycles. The zero-order chi connectivity index (χ0) is 9.40. The Bertz CT molecular complexity index is 95.8. The maximum Gasteiger partial charge on any atom is 0.00491 e. The smallest absolute Gasteiger partial charge is 0.00491 e. The molecule has 1 unspecified atom stereocenters. The average Bonchev–Trinajstić information content (AvgIpc) is 2.05. The maximum absolute atomic E-state index is 3.54. The van der Waals surface area contributed by atoms with Crippen molar-refractivity contribution >= 4 is 11.8 Å². The second-order valence-corrected chi connectivity index (χ2v) is 4.77. The molecule has 74 valence electrons. The largest absolute Gasteiger partial charge is 0.314 e. The van der Waals surface area contributed by atoms with Gasteiger partial charge in [0.15, 0.2) is 0 Å². The minimum absolute atomic E-state index is 0.680. The Hall–Kier alpha value is 0.310. The van der Waals surface area contributed by atoms with Crippen molar-refractivity contribution in [3.8, 4) is 0 Å². The molecule has 0 saturated carbocycles. The van der Waals surface area contributed by atoms with Crippen LogP contribution in [-0.2, 0) is 0 Å². The Morgan fingerprint density at radius 3 is 2.50 bits per heavy atom. The molecule has 1 nitrogen and oxygen atoms in total. The molecule has 1 N–H and O–H groups in total. The highest BCUT2D eigenvalue weighted by molar-refractivity contribution is 7.99. The third-order valence-electron chi connectivity index (χ3n) is 2.11. The van der Waals surface area contributed by atoms with E-state index in [1.54, 1.807) is 0 Å². The Labute approximate surface area is 81.7 Å². The maximum atomic E-state index is 3.54. The van der Waals surface area contributed by atoms with Crippen molar-refractivity contribution in [1.29, 1.82) is 0 Å². The van der Waals surface area contributed by atoms with E-state index in [0.717, 1.165) is 5.25 Å². The van der Waals surface area contributed by atoms with E-state index >= 15 is 0 Å². The van der Waals surface area contributed by atoms with Gasteiger partial charge in [0, 0.05) is 11.3 Å². The molecule has 2 atom stereocenters. The first-order valence-electron chi connectivity index (χ1n) is 4.96. The lowest BCUT2D eigenvalue weighted by atomic mass is 10.2. The summed E-state index contributed by atoms with van der Waals surface area (Å²) in [6, 6.07) is 0.680. The summed E-state index contributed by atoms with van der Waals surface area (Å²) in [5.41, 5.74) is 0. The molecular weight excluding hydrogens is 166 g/mol. The molecule has 12 heavy (non-hydrogen) atoms. The monoisotopic (exact) mass is 189 g/mol. The molecule has 0 aromatic carbocycles. The fourth-order valence-electron chi connectivity index (χ4n) is 1.20. The van der Waals surface area contributed by atoms with Crippen LogP contribution in [0.15, 0.2) is 0 Å². The lowest BCUT2D eigenvalue weighted by Gasteiger charge is -2.16. The summed E-state index contributed by atoms with van der Waals surface area (Å²) >= 11 is 1.95. The molecule has 0 amide bonds. The van der Waals surface area contributed by atoms with Crippen molar-refractivity contribution in [2.24, 2.45) is 0 Å². The Balaban J connectivity index is 3.26. The molecule has 0 aromatic heterocycles. The Kier molecular flexibility index (Phi) is 8.14. The SMILES string of the molecule is CCCCNC(C)C[C@H](C)SC. The molecule has 0 aliphatic rings. The summed E-state index contributed by atoms with van der Waals surface area (Å²) in [6.45, 7) is 7.99. The van der Waals surface area contributed by atoms with Gasteiger partial charge in [-0.1, -0.05) is 20.3 Å². The quantitative estimate of drug-likeness (QED) is 0.618. The number of rotatable bonds is 7. The van der Waals surface area contributed by atoms with E-state index in [-0.39, 0.29) is 0 Å². The van der Waals surface area contributed by atoms with Crippen LogP contribution in [0.4, 0.5) is 0 Å². The standard InChI is InChI=1S/C10H23NS/c1-5-6-7-11-9(2)8-10(3)12-4/h9-11H,5-8H2,1-4H3/t9?,10-/m0/s1.